The van der Waals surface area contributed by atoms with Crippen LogP contribution >= 0.6 is 0 Å². The fourth-order valence-electron chi connectivity index (χ4n) is 5.56. The third-order valence-electron chi connectivity index (χ3n) is 7.89. The summed E-state index contributed by atoms with van der Waals surface area (Å²) in [6, 6.07) is 14.3. The molecule has 1 amide bonds. The van der Waals surface area contributed by atoms with Crippen LogP contribution in [-0.2, 0) is 20.8 Å². The summed E-state index contributed by atoms with van der Waals surface area (Å²) in [7, 11) is 1.35. The second-order valence-corrected chi connectivity index (χ2v) is 10.3. The van der Waals surface area contributed by atoms with Crippen molar-refractivity contribution in [3.05, 3.63) is 71.0 Å². The molecule has 0 spiro atoms. The lowest BCUT2D eigenvalue weighted by Gasteiger charge is -2.46. The van der Waals surface area contributed by atoms with E-state index in [1.54, 1.807) is 30.3 Å². The molecule has 0 unspecified atom stereocenters. The highest BCUT2D eigenvalue weighted by Gasteiger charge is 2.46. The van der Waals surface area contributed by atoms with E-state index < -0.39 is 11.6 Å². The number of ether oxygens (including phenoxy) is 2. The van der Waals surface area contributed by atoms with E-state index in [1.807, 2.05) is 32.0 Å². The fraction of sp³-hybridized carbons (Fsp3) is 0.517. The molecular weight excluding hydrogens is 459 g/mol. The van der Waals surface area contributed by atoms with Gasteiger partial charge in [-0.15, -0.1) is 0 Å². The molecule has 2 aromatic carbocycles. The minimum atomic E-state index is -0.858. The molecule has 1 N–H and O–H groups in total. The molecule has 2 aliphatic rings. The number of piperidine rings is 1. The van der Waals surface area contributed by atoms with E-state index in [2.05, 4.69) is 10.2 Å². The second kappa shape index (κ2) is 11.5. The molecule has 2 aromatic rings. The Bertz CT molecular complexity index is 1040. The summed E-state index contributed by atoms with van der Waals surface area (Å²) >= 11 is 0. The molecule has 0 radical (unpaired) electrons. The molecular formula is C29H37FN2O4. The maximum absolute atomic E-state index is 13.3. The predicted octanol–water partition coefficient (Wildman–Crippen LogP) is 4.68. The van der Waals surface area contributed by atoms with Gasteiger partial charge < -0.3 is 14.8 Å². The summed E-state index contributed by atoms with van der Waals surface area (Å²) < 4.78 is 24.4. The van der Waals surface area contributed by atoms with Crippen LogP contribution < -0.4 is 5.32 Å². The van der Waals surface area contributed by atoms with Gasteiger partial charge in [0.15, 0.2) is 0 Å². The van der Waals surface area contributed by atoms with E-state index in [4.69, 9.17) is 9.47 Å². The van der Waals surface area contributed by atoms with Crippen molar-refractivity contribution < 1.29 is 23.5 Å². The van der Waals surface area contributed by atoms with Gasteiger partial charge in [-0.25, -0.2) is 9.18 Å². The van der Waals surface area contributed by atoms with E-state index in [0.717, 1.165) is 37.9 Å². The molecule has 36 heavy (non-hydrogen) atoms. The number of nitrogens with zero attached hydrogens (tertiary/aromatic N) is 1. The summed E-state index contributed by atoms with van der Waals surface area (Å²) in [5.74, 6) is -0.198. The van der Waals surface area contributed by atoms with Gasteiger partial charge in [0, 0.05) is 12.6 Å². The van der Waals surface area contributed by atoms with Crippen molar-refractivity contribution in [1.29, 1.82) is 0 Å². The zero-order valence-corrected chi connectivity index (χ0v) is 21.5. The fourth-order valence-corrected chi connectivity index (χ4v) is 5.56. The molecule has 194 valence electrons. The summed E-state index contributed by atoms with van der Waals surface area (Å²) in [4.78, 5) is 27.6. The number of likely N-dealkylation sites (tertiary alicyclic amines) is 1. The van der Waals surface area contributed by atoms with Gasteiger partial charge >= 0.3 is 5.97 Å². The maximum Gasteiger partial charge on any atom is 0.337 e. The van der Waals surface area contributed by atoms with E-state index in [1.165, 1.54) is 12.7 Å². The Morgan fingerprint density at radius 3 is 2.47 bits per heavy atom. The molecule has 0 saturated carbocycles. The molecule has 2 atom stereocenters. The van der Waals surface area contributed by atoms with Crippen molar-refractivity contribution >= 4 is 11.9 Å². The molecule has 7 heteroatoms. The van der Waals surface area contributed by atoms with Gasteiger partial charge in [0.05, 0.1) is 19.3 Å². The first-order valence-corrected chi connectivity index (χ1v) is 12.9. The summed E-state index contributed by atoms with van der Waals surface area (Å²) in [5, 5.41) is 3.04. The quantitative estimate of drug-likeness (QED) is 0.564. The van der Waals surface area contributed by atoms with E-state index >= 15 is 0 Å². The van der Waals surface area contributed by atoms with Gasteiger partial charge in [0.2, 0.25) is 0 Å². The largest absolute Gasteiger partial charge is 0.465 e. The summed E-state index contributed by atoms with van der Waals surface area (Å²) in [5.41, 5.74) is 1.65. The average molecular weight is 497 g/mol. The maximum atomic E-state index is 13.3. The molecule has 2 saturated heterocycles. The van der Waals surface area contributed by atoms with Gasteiger partial charge in [-0.1, -0.05) is 38.1 Å². The first-order valence-electron chi connectivity index (χ1n) is 12.9. The Kier molecular flexibility index (Phi) is 8.42. The molecule has 0 bridgehead atoms. The Morgan fingerprint density at radius 2 is 1.86 bits per heavy atom. The van der Waals surface area contributed by atoms with Crippen LogP contribution in [0.5, 0.6) is 0 Å². The number of amides is 1. The number of halogens is 1. The number of hydrogen-bond acceptors (Lipinski definition) is 5. The highest BCUT2D eigenvalue weighted by molar-refractivity contribution is 5.89. The van der Waals surface area contributed by atoms with Gasteiger partial charge in [0.1, 0.15) is 11.4 Å². The zero-order chi connectivity index (χ0) is 25.7. The van der Waals surface area contributed by atoms with Crippen molar-refractivity contribution in [3.8, 4) is 0 Å². The Morgan fingerprint density at radius 1 is 1.14 bits per heavy atom. The van der Waals surface area contributed by atoms with Gasteiger partial charge in [0.25, 0.3) is 5.91 Å². The van der Waals surface area contributed by atoms with Crippen LogP contribution in [0.4, 0.5) is 4.39 Å². The summed E-state index contributed by atoms with van der Waals surface area (Å²) in [6.07, 6.45) is 3.66. The first-order chi connectivity index (χ1) is 17.3. The number of benzene rings is 2. The highest BCUT2D eigenvalue weighted by Crippen LogP contribution is 2.36. The first kappa shape index (κ1) is 26.3. The van der Waals surface area contributed by atoms with Crippen LogP contribution in [0, 0.1) is 11.7 Å². The van der Waals surface area contributed by atoms with Crippen molar-refractivity contribution in [2.75, 3.05) is 26.8 Å². The van der Waals surface area contributed by atoms with E-state index in [-0.39, 0.29) is 17.6 Å². The number of esters is 1. The van der Waals surface area contributed by atoms with Crippen LogP contribution in [0.2, 0.25) is 0 Å². The monoisotopic (exact) mass is 496 g/mol. The van der Waals surface area contributed by atoms with Crippen molar-refractivity contribution in [2.45, 2.75) is 63.6 Å². The van der Waals surface area contributed by atoms with Crippen LogP contribution in [0.1, 0.15) is 66.9 Å². The molecule has 0 aliphatic carbocycles. The number of hydrogen-bond donors (Lipinski definition) is 1. The summed E-state index contributed by atoms with van der Waals surface area (Å²) in [6.45, 7) is 6.88. The SMILES string of the molecule is COC(=O)c1cccc(CNC(=O)[C@@]2(C(C)C)CC[C@@H](N3CCC(c4ccc(F)cc4)CC3)CO2)c1. The van der Waals surface area contributed by atoms with Crippen LogP contribution in [0.25, 0.3) is 0 Å². The molecule has 2 fully saturated rings. The van der Waals surface area contributed by atoms with E-state index in [0.29, 0.717) is 37.1 Å². The van der Waals surface area contributed by atoms with Crippen LogP contribution in [0.3, 0.4) is 0 Å². The second-order valence-electron chi connectivity index (χ2n) is 10.3. The number of carbonyl (C=O) groups is 2. The number of carbonyl (C=O) groups excluding carboxylic acids is 2. The standard InChI is InChI=1S/C29H37FN2O4/c1-20(2)29(28(34)31-18-21-5-4-6-24(17-21)27(33)35-3)14-11-26(19-36-29)32-15-12-23(13-16-32)22-7-9-25(30)10-8-22/h4-10,17,20,23,26H,11-16,18-19H2,1-3H3,(H,31,34)/t26-,29+/m1/s1. The molecule has 2 aliphatic heterocycles. The Hall–Kier alpha value is -2.77. The lowest BCUT2D eigenvalue weighted by atomic mass is 9.80. The van der Waals surface area contributed by atoms with Gasteiger partial charge in [-0.3, -0.25) is 9.69 Å². The third kappa shape index (κ3) is 5.79. The third-order valence-corrected chi connectivity index (χ3v) is 7.89. The normalized spacial score (nSPS) is 23.4. The molecule has 6 nitrogen and oxygen atoms in total. The lowest BCUT2D eigenvalue weighted by molar-refractivity contribution is -0.170. The number of methoxy groups -OCH3 is 1. The Balaban J connectivity index is 1.31. The predicted molar refractivity (Wildman–Crippen MR) is 136 cm³/mol. The van der Waals surface area contributed by atoms with Crippen molar-refractivity contribution in [3.63, 3.8) is 0 Å². The van der Waals surface area contributed by atoms with Gasteiger partial charge in [-0.2, -0.15) is 0 Å². The molecule has 2 heterocycles. The minimum Gasteiger partial charge on any atom is -0.465 e. The molecule has 0 aromatic heterocycles. The van der Waals surface area contributed by atoms with Crippen LogP contribution in [-0.4, -0.2) is 55.2 Å². The highest BCUT2D eigenvalue weighted by atomic mass is 19.1. The minimum absolute atomic E-state index is 0.0315. The smallest absolute Gasteiger partial charge is 0.337 e. The van der Waals surface area contributed by atoms with Crippen LogP contribution in [0.15, 0.2) is 48.5 Å². The lowest BCUT2D eigenvalue weighted by Crippen LogP contribution is -2.58. The van der Waals surface area contributed by atoms with Crippen molar-refractivity contribution in [1.82, 2.24) is 10.2 Å². The number of rotatable bonds is 7. The zero-order valence-electron chi connectivity index (χ0n) is 21.5. The van der Waals surface area contributed by atoms with E-state index in [9.17, 15) is 14.0 Å². The van der Waals surface area contributed by atoms with Crippen molar-refractivity contribution in [2.24, 2.45) is 5.92 Å². The topological polar surface area (TPSA) is 67.9 Å². The molecule has 4 rings (SSSR count). The number of nitrogens with one attached hydrogen (secondary N) is 1. The Labute approximate surface area is 213 Å². The van der Waals surface area contributed by atoms with Gasteiger partial charge in [-0.05, 0) is 86.0 Å². The average Bonchev–Trinajstić information content (AvgIpc) is 2.92.